The molecule has 1 amide bonds. The van der Waals surface area contributed by atoms with Crippen LogP contribution in [0.25, 0.3) is 5.76 Å². The SMILES string of the molecule is COc1ccc([C@@H]2C(=C(O)c3ccc(OC)cc3O)C(=O)C(=O)N2CCCN2CCOCC2)cc1. The second-order valence-electron chi connectivity index (χ2n) is 8.46. The van der Waals surface area contributed by atoms with Gasteiger partial charge < -0.3 is 29.3 Å². The zero-order valence-corrected chi connectivity index (χ0v) is 19.9. The molecule has 4 rings (SSSR count). The number of aromatic hydroxyl groups is 1. The molecule has 1 atom stereocenters. The second-order valence-corrected chi connectivity index (χ2v) is 8.46. The number of Topliss-reactive ketones (excluding diaryl/α,β-unsaturated/α-hetero) is 1. The van der Waals surface area contributed by atoms with Gasteiger partial charge in [0.1, 0.15) is 23.0 Å². The first-order chi connectivity index (χ1) is 16.9. The van der Waals surface area contributed by atoms with Crippen LogP contribution >= 0.6 is 0 Å². The lowest BCUT2D eigenvalue weighted by molar-refractivity contribution is -0.140. The molecule has 2 aliphatic heterocycles. The molecule has 35 heavy (non-hydrogen) atoms. The third-order valence-corrected chi connectivity index (χ3v) is 6.41. The normalized spacial score (nSPS) is 20.3. The van der Waals surface area contributed by atoms with Crippen molar-refractivity contribution in [2.45, 2.75) is 12.5 Å². The van der Waals surface area contributed by atoms with Gasteiger partial charge in [-0.3, -0.25) is 14.5 Å². The van der Waals surface area contributed by atoms with Gasteiger partial charge in [-0.05, 0) is 36.2 Å². The van der Waals surface area contributed by atoms with E-state index in [9.17, 15) is 19.8 Å². The summed E-state index contributed by atoms with van der Waals surface area (Å²) in [5, 5.41) is 21.6. The van der Waals surface area contributed by atoms with Gasteiger partial charge in [-0.15, -0.1) is 0 Å². The van der Waals surface area contributed by atoms with E-state index < -0.39 is 23.5 Å². The predicted molar refractivity (Wildman–Crippen MR) is 129 cm³/mol. The van der Waals surface area contributed by atoms with Crippen LogP contribution in [-0.4, -0.2) is 85.3 Å². The van der Waals surface area contributed by atoms with E-state index in [0.29, 0.717) is 43.2 Å². The molecule has 0 unspecified atom stereocenters. The molecule has 9 heteroatoms. The Hall–Kier alpha value is -3.56. The first-order valence-corrected chi connectivity index (χ1v) is 11.5. The van der Waals surface area contributed by atoms with Crippen molar-refractivity contribution < 1.29 is 34.0 Å². The van der Waals surface area contributed by atoms with E-state index in [1.54, 1.807) is 37.4 Å². The lowest BCUT2D eigenvalue weighted by Gasteiger charge is -2.29. The summed E-state index contributed by atoms with van der Waals surface area (Å²) in [6.07, 6.45) is 0.660. The summed E-state index contributed by atoms with van der Waals surface area (Å²) in [6, 6.07) is 10.6. The van der Waals surface area contributed by atoms with Crippen LogP contribution in [0.3, 0.4) is 0 Å². The van der Waals surface area contributed by atoms with E-state index in [1.165, 1.54) is 24.1 Å². The van der Waals surface area contributed by atoms with E-state index >= 15 is 0 Å². The Balaban J connectivity index is 1.70. The molecule has 0 spiro atoms. The number of morpholine rings is 1. The highest BCUT2D eigenvalue weighted by molar-refractivity contribution is 6.46. The number of likely N-dealkylation sites (tertiary alicyclic amines) is 1. The fourth-order valence-electron chi connectivity index (χ4n) is 4.52. The van der Waals surface area contributed by atoms with Gasteiger partial charge in [0.2, 0.25) is 0 Å². The standard InChI is InChI=1S/C26H30N2O7/c1-33-18-6-4-17(5-7-18)23-22(24(30)20-9-8-19(34-2)16-21(20)29)25(31)26(32)28(23)11-3-10-27-12-14-35-15-13-27/h4-9,16,23,29-30H,3,10-15H2,1-2H3/t23-/m1/s1. The number of hydrogen-bond donors (Lipinski definition) is 2. The summed E-state index contributed by atoms with van der Waals surface area (Å²) >= 11 is 0. The predicted octanol–water partition coefficient (Wildman–Crippen LogP) is 2.55. The number of benzene rings is 2. The molecule has 9 nitrogen and oxygen atoms in total. The second kappa shape index (κ2) is 10.8. The van der Waals surface area contributed by atoms with Crippen LogP contribution in [0.4, 0.5) is 0 Å². The molecule has 0 aliphatic carbocycles. The average molecular weight is 483 g/mol. The van der Waals surface area contributed by atoms with Crippen molar-refractivity contribution in [2.75, 3.05) is 53.6 Å². The average Bonchev–Trinajstić information content (AvgIpc) is 3.14. The highest BCUT2D eigenvalue weighted by atomic mass is 16.5. The number of ketones is 1. The summed E-state index contributed by atoms with van der Waals surface area (Å²) in [6.45, 7) is 4.13. The zero-order valence-electron chi connectivity index (χ0n) is 19.9. The van der Waals surface area contributed by atoms with Crippen molar-refractivity contribution in [2.24, 2.45) is 0 Å². The van der Waals surface area contributed by atoms with E-state index in [1.807, 2.05) is 0 Å². The molecule has 2 N–H and O–H groups in total. The van der Waals surface area contributed by atoms with Gasteiger partial charge >= 0.3 is 0 Å². The number of aliphatic hydroxyl groups excluding tert-OH is 1. The number of phenols is 1. The van der Waals surface area contributed by atoms with Gasteiger partial charge in [0.05, 0.1) is 44.6 Å². The largest absolute Gasteiger partial charge is 0.507 e. The Kier molecular flexibility index (Phi) is 7.57. The number of hydrogen-bond acceptors (Lipinski definition) is 8. The van der Waals surface area contributed by atoms with Crippen molar-refractivity contribution in [1.82, 2.24) is 9.80 Å². The van der Waals surface area contributed by atoms with Gasteiger partial charge in [-0.2, -0.15) is 0 Å². The molecule has 2 aromatic rings. The number of carbonyl (C=O) groups excluding carboxylic acids is 2. The van der Waals surface area contributed by atoms with Crippen LogP contribution in [0.5, 0.6) is 17.2 Å². The Labute approximate surface area is 204 Å². The van der Waals surface area contributed by atoms with Crippen molar-refractivity contribution in [3.8, 4) is 17.2 Å². The van der Waals surface area contributed by atoms with Crippen LogP contribution in [-0.2, 0) is 14.3 Å². The van der Waals surface area contributed by atoms with Gasteiger partial charge in [-0.1, -0.05) is 12.1 Å². The minimum absolute atomic E-state index is 0.0515. The Morgan fingerprint density at radius 2 is 1.66 bits per heavy atom. The first kappa shape index (κ1) is 24.6. The monoisotopic (exact) mass is 482 g/mol. The quantitative estimate of drug-likeness (QED) is 0.336. The van der Waals surface area contributed by atoms with Gasteiger partial charge in [-0.25, -0.2) is 0 Å². The molecule has 2 aliphatic rings. The summed E-state index contributed by atoms with van der Waals surface area (Å²) in [5.41, 5.74) is 0.647. The molecule has 186 valence electrons. The maximum atomic E-state index is 13.2. The number of carbonyl (C=O) groups is 2. The number of amides is 1. The lowest BCUT2D eigenvalue weighted by Crippen LogP contribution is -2.38. The van der Waals surface area contributed by atoms with Crippen molar-refractivity contribution in [3.05, 3.63) is 59.2 Å². The molecule has 2 heterocycles. The molecule has 0 aromatic heterocycles. The molecule has 0 radical (unpaired) electrons. The number of aliphatic hydroxyl groups is 1. The number of phenolic OH excluding ortho intramolecular Hbond substituents is 1. The van der Waals surface area contributed by atoms with Crippen LogP contribution in [0.2, 0.25) is 0 Å². The van der Waals surface area contributed by atoms with E-state index in [4.69, 9.17) is 14.2 Å². The summed E-state index contributed by atoms with van der Waals surface area (Å²) in [5.74, 6) is -1.12. The van der Waals surface area contributed by atoms with E-state index in [0.717, 1.165) is 19.6 Å². The third-order valence-electron chi connectivity index (χ3n) is 6.41. The number of nitrogens with zero attached hydrogens (tertiary/aromatic N) is 2. The summed E-state index contributed by atoms with van der Waals surface area (Å²) < 4.78 is 15.7. The fraction of sp³-hybridized carbons (Fsp3) is 0.385. The van der Waals surface area contributed by atoms with E-state index in [-0.39, 0.29) is 16.9 Å². The maximum Gasteiger partial charge on any atom is 0.295 e. The molecular formula is C26H30N2O7. The van der Waals surface area contributed by atoms with Gasteiger partial charge in [0.15, 0.2) is 0 Å². The topological polar surface area (TPSA) is 109 Å². The molecule has 2 saturated heterocycles. The highest BCUT2D eigenvalue weighted by Crippen LogP contribution is 2.41. The fourth-order valence-corrected chi connectivity index (χ4v) is 4.52. The number of methoxy groups -OCH3 is 2. The van der Waals surface area contributed by atoms with Crippen molar-refractivity contribution in [1.29, 1.82) is 0 Å². The summed E-state index contributed by atoms with van der Waals surface area (Å²) in [7, 11) is 3.01. The van der Waals surface area contributed by atoms with Gasteiger partial charge in [0, 0.05) is 32.2 Å². The number of rotatable bonds is 8. The maximum absolute atomic E-state index is 13.2. The van der Waals surface area contributed by atoms with Crippen molar-refractivity contribution >= 4 is 17.4 Å². The molecule has 2 fully saturated rings. The van der Waals surface area contributed by atoms with Crippen LogP contribution in [0, 0.1) is 0 Å². The highest BCUT2D eigenvalue weighted by Gasteiger charge is 2.46. The smallest absolute Gasteiger partial charge is 0.295 e. The minimum Gasteiger partial charge on any atom is -0.507 e. The molecular weight excluding hydrogens is 452 g/mol. The van der Waals surface area contributed by atoms with Crippen LogP contribution in [0.1, 0.15) is 23.6 Å². The Morgan fingerprint density at radius 3 is 2.29 bits per heavy atom. The zero-order chi connectivity index (χ0) is 24.9. The third kappa shape index (κ3) is 5.11. The van der Waals surface area contributed by atoms with Crippen molar-refractivity contribution in [3.63, 3.8) is 0 Å². The first-order valence-electron chi connectivity index (χ1n) is 11.5. The molecule has 0 saturated carbocycles. The molecule has 0 bridgehead atoms. The van der Waals surface area contributed by atoms with E-state index in [2.05, 4.69) is 4.90 Å². The molecule has 2 aromatic carbocycles. The van der Waals surface area contributed by atoms with Crippen LogP contribution < -0.4 is 9.47 Å². The summed E-state index contributed by atoms with van der Waals surface area (Å²) in [4.78, 5) is 30.0. The lowest BCUT2D eigenvalue weighted by atomic mass is 9.95. The van der Waals surface area contributed by atoms with Crippen LogP contribution in [0.15, 0.2) is 48.0 Å². The Morgan fingerprint density at radius 1 is 1.00 bits per heavy atom. The Bertz CT molecular complexity index is 1110. The minimum atomic E-state index is -0.799. The number of ether oxygens (including phenoxy) is 3. The van der Waals surface area contributed by atoms with Gasteiger partial charge in [0.25, 0.3) is 11.7 Å².